The Kier molecular flexibility index (Phi) is 3.99. The molecule has 38 heavy (non-hydrogen) atoms. The summed E-state index contributed by atoms with van der Waals surface area (Å²) >= 11 is 1.81. The molecule has 3 heterocycles. The van der Waals surface area contributed by atoms with E-state index in [0.29, 0.717) is 5.82 Å². The standard InChI is InChI=1S/C34H18N2OS/c1-2-7-21-18-22(13-12-19(21)6-1)32-23-9-3-4-10-25(23)35-34(36-32)24-15-17-28-31-30-26(37-33(24)31)16-14-20-8-5-11-27(38-28)29(20)30/h1-18H. The normalized spacial score (nSPS) is 12.6. The Bertz CT molecular complexity index is 2280. The molecule has 0 N–H and O–H groups in total. The second-order valence-electron chi connectivity index (χ2n) is 9.79. The number of furan rings is 1. The minimum Gasteiger partial charge on any atom is -0.455 e. The Morgan fingerprint density at radius 3 is 2.37 bits per heavy atom. The average Bonchev–Trinajstić information content (AvgIpc) is 3.37. The summed E-state index contributed by atoms with van der Waals surface area (Å²) < 4.78 is 6.58. The third kappa shape index (κ3) is 2.75. The van der Waals surface area contributed by atoms with Gasteiger partial charge in [0.25, 0.3) is 0 Å². The molecule has 3 nitrogen and oxygen atoms in total. The monoisotopic (exact) mass is 502 g/mol. The molecule has 0 radical (unpaired) electrons. The quantitative estimate of drug-likeness (QED) is 0.236. The maximum Gasteiger partial charge on any atom is 0.164 e. The lowest BCUT2D eigenvalue weighted by atomic mass is 10.0. The van der Waals surface area contributed by atoms with Crippen molar-refractivity contribution in [3.8, 4) is 22.6 Å². The van der Waals surface area contributed by atoms with E-state index in [-0.39, 0.29) is 0 Å². The minimum absolute atomic E-state index is 0.678. The SMILES string of the molecule is c1ccc2cc(-c3nc(-c4ccc5c6c4oc4ccc7cccc(c7c46)S5)nc4ccccc34)ccc2c1. The zero-order valence-electron chi connectivity index (χ0n) is 20.1. The summed E-state index contributed by atoms with van der Waals surface area (Å²) in [6.45, 7) is 0. The van der Waals surface area contributed by atoms with Crippen LogP contribution in [0.2, 0.25) is 0 Å². The highest BCUT2D eigenvalue weighted by molar-refractivity contribution is 8.00. The van der Waals surface area contributed by atoms with Gasteiger partial charge in [-0.2, -0.15) is 0 Å². The maximum absolute atomic E-state index is 6.58. The molecule has 0 fully saturated rings. The van der Waals surface area contributed by atoms with Gasteiger partial charge in [0, 0.05) is 36.9 Å². The molecule has 0 saturated carbocycles. The molecule has 0 bridgehead atoms. The van der Waals surface area contributed by atoms with Gasteiger partial charge in [0.1, 0.15) is 11.2 Å². The third-order valence-electron chi connectivity index (χ3n) is 7.64. The van der Waals surface area contributed by atoms with Gasteiger partial charge in [-0.3, -0.25) is 0 Å². The lowest BCUT2D eigenvalue weighted by Crippen LogP contribution is -1.96. The Morgan fingerprint density at radius 1 is 0.579 bits per heavy atom. The van der Waals surface area contributed by atoms with Crippen LogP contribution in [0.3, 0.4) is 0 Å². The average molecular weight is 503 g/mol. The van der Waals surface area contributed by atoms with E-state index >= 15 is 0 Å². The predicted molar refractivity (Wildman–Crippen MR) is 157 cm³/mol. The number of fused-ring (bicyclic) bond motifs is 2. The molecular weight excluding hydrogens is 484 g/mol. The van der Waals surface area contributed by atoms with Crippen LogP contribution >= 0.6 is 11.8 Å². The molecule has 1 aliphatic heterocycles. The minimum atomic E-state index is 0.678. The highest BCUT2D eigenvalue weighted by atomic mass is 32.2. The van der Waals surface area contributed by atoms with Crippen LogP contribution in [-0.4, -0.2) is 9.97 Å². The second kappa shape index (κ2) is 7.44. The first-order valence-electron chi connectivity index (χ1n) is 12.7. The first kappa shape index (κ1) is 20.4. The van der Waals surface area contributed by atoms with Crippen LogP contribution in [0.1, 0.15) is 0 Å². The number of benzene rings is 6. The molecule has 0 amide bonds. The number of aromatic nitrogens is 2. The summed E-state index contributed by atoms with van der Waals surface area (Å²) in [5.74, 6) is 0.678. The fourth-order valence-corrected chi connectivity index (χ4v) is 7.03. The Balaban J connectivity index is 1.36. The van der Waals surface area contributed by atoms with Crippen molar-refractivity contribution < 1.29 is 4.42 Å². The van der Waals surface area contributed by atoms with E-state index in [1.165, 1.54) is 36.7 Å². The fraction of sp³-hybridized carbons (Fsp3) is 0. The molecule has 9 rings (SSSR count). The highest BCUT2D eigenvalue weighted by Crippen LogP contribution is 2.51. The maximum atomic E-state index is 6.58. The molecule has 0 unspecified atom stereocenters. The van der Waals surface area contributed by atoms with E-state index in [2.05, 4.69) is 97.1 Å². The first-order valence-corrected chi connectivity index (χ1v) is 13.5. The summed E-state index contributed by atoms with van der Waals surface area (Å²) in [6, 6.07) is 38.3. The van der Waals surface area contributed by atoms with Gasteiger partial charge in [0.05, 0.1) is 16.8 Å². The number of hydrogen-bond acceptors (Lipinski definition) is 4. The van der Waals surface area contributed by atoms with Crippen molar-refractivity contribution in [3.63, 3.8) is 0 Å². The van der Waals surface area contributed by atoms with E-state index in [1.54, 1.807) is 0 Å². The number of para-hydroxylation sites is 1. The van der Waals surface area contributed by atoms with Crippen molar-refractivity contribution in [1.82, 2.24) is 9.97 Å². The topological polar surface area (TPSA) is 38.9 Å². The summed E-state index contributed by atoms with van der Waals surface area (Å²) in [5.41, 5.74) is 5.60. The second-order valence-corrected chi connectivity index (χ2v) is 10.9. The summed E-state index contributed by atoms with van der Waals surface area (Å²) in [5, 5.41) is 8.32. The molecule has 2 aromatic heterocycles. The van der Waals surface area contributed by atoms with E-state index in [9.17, 15) is 0 Å². The van der Waals surface area contributed by atoms with Gasteiger partial charge < -0.3 is 4.42 Å². The highest BCUT2D eigenvalue weighted by Gasteiger charge is 2.25. The number of nitrogens with zero attached hydrogens (tertiary/aromatic N) is 2. The van der Waals surface area contributed by atoms with Gasteiger partial charge in [0.15, 0.2) is 5.82 Å². The fourth-order valence-electron chi connectivity index (χ4n) is 5.90. The van der Waals surface area contributed by atoms with E-state index in [4.69, 9.17) is 14.4 Å². The lowest BCUT2D eigenvalue weighted by molar-refractivity contribution is 0.669. The Hall–Kier alpha value is -4.67. The van der Waals surface area contributed by atoms with Crippen molar-refractivity contribution in [1.29, 1.82) is 0 Å². The molecule has 4 heteroatoms. The Morgan fingerprint density at radius 2 is 1.39 bits per heavy atom. The van der Waals surface area contributed by atoms with Crippen LogP contribution in [-0.2, 0) is 0 Å². The van der Waals surface area contributed by atoms with Gasteiger partial charge in [0.2, 0.25) is 0 Å². The van der Waals surface area contributed by atoms with Crippen LogP contribution < -0.4 is 0 Å². The molecule has 0 atom stereocenters. The van der Waals surface area contributed by atoms with Gasteiger partial charge in [-0.25, -0.2) is 9.97 Å². The number of hydrogen-bond donors (Lipinski definition) is 0. The van der Waals surface area contributed by atoms with E-state index < -0.39 is 0 Å². The van der Waals surface area contributed by atoms with Crippen molar-refractivity contribution in [3.05, 3.63) is 109 Å². The smallest absolute Gasteiger partial charge is 0.164 e. The first-order chi connectivity index (χ1) is 18.8. The molecule has 0 saturated heterocycles. The molecule has 8 aromatic rings. The van der Waals surface area contributed by atoms with Crippen molar-refractivity contribution in [2.45, 2.75) is 9.79 Å². The van der Waals surface area contributed by atoms with Gasteiger partial charge >= 0.3 is 0 Å². The van der Waals surface area contributed by atoms with Gasteiger partial charge in [-0.1, -0.05) is 84.6 Å². The van der Waals surface area contributed by atoms with E-state index in [0.717, 1.165) is 44.3 Å². The molecule has 176 valence electrons. The van der Waals surface area contributed by atoms with Crippen LogP contribution in [0.5, 0.6) is 0 Å². The summed E-state index contributed by atoms with van der Waals surface area (Å²) in [6.07, 6.45) is 0. The third-order valence-corrected chi connectivity index (χ3v) is 8.76. The van der Waals surface area contributed by atoms with Gasteiger partial charge in [-0.05, 0) is 52.6 Å². The summed E-state index contributed by atoms with van der Waals surface area (Å²) in [4.78, 5) is 12.7. The summed E-state index contributed by atoms with van der Waals surface area (Å²) in [7, 11) is 0. The van der Waals surface area contributed by atoms with Crippen LogP contribution in [0.4, 0.5) is 0 Å². The molecule has 1 aliphatic rings. The van der Waals surface area contributed by atoms with Crippen molar-refractivity contribution >= 4 is 66.1 Å². The van der Waals surface area contributed by atoms with Crippen LogP contribution in [0.25, 0.3) is 77.0 Å². The van der Waals surface area contributed by atoms with Crippen molar-refractivity contribution in [2.24, 2.45) is 0 Å². The Labute approximate surface area is 221 Å². The zero-order valence-corrected chi connectivity index (χ0v) is 20.9. The molecular formula is C34H18N2OS. The van der Waals surface area contributed by atoms with Gasteiger partial charge in [-0.15, -0.1) is 0 Å². The zero-order chi connectivity index (χ0) is 24.8. The number of rotatable bonds is 2. The molecule has 0 spiro atoms. The predicted octanol–water partition coefficient (Wildman–Crippen LogP) is 9.63. The van der Waals surface area contributed by atoms with Crippen LogP contribution in [0.15, 0.2) is 123 Å². The molecule has 6 aromatic carbocycles. The van der Waals surface area contributed by atoms with Crippen LogP contribution in [0, 0.1) is 0 Å². The van der Waals surface area contributed by atoms with E-state index in [1.807, 2.05) is 23.9 Å². The molecule has 0 aliphatic carbocycles. The van der Waals surface area contributed by atoms with Crippen molar-refractivity contribution in [2.75, 3.05) is 0 Å². The lowest BCUT2D eigenvalue weighted by Gasteiger charge is -2.15. The largest absolute Gasteiger partial charge is 0.455 e.